The van der Waals surface area contributed by atoms with Gasteiger partial charge in [0.05, 0.1) is 0 Å². The number of hydrogen-bond acceptors (Lipinski definition) is 2. The zero-order valence-corrected chi connectivity index (χ0v) is 12.2. The Bertz CT molecular complexity index is 431. The quantitative estimate of drug-likeness (QED) is 0.842. The molecule has 0 aromatic heterocycles. The molecule has 1 aliphatic rings. The number of nitrogens with one attached hydrogen (secondary N) is 1. The Morgan fingerprint density at radius 1 is 1.11 bits per heavy atom. The summed E-state index contributed by atoms with van der Waals surface area (Å²) in [6.07, 6.45) is 1.56. The summed E-state index contributed by atoms with van der Waals surface area (Å²) in [4.78, 5) is 14.0. The van der Waals surface area contributed by atoms with Crippen LogP contribution in [-0.2, 0) is 10.2 Å². The third kappa shape index (κ3) is 3.57. The smallest absolute Gasteiger partial charge is 0.227 e. The van der Waals surface area contributed by atoms with Crippen molar-refractivity contribution in [1.29, 1.82) is 0 Å². The number of carbonyl (C=O) groups excluding carboxylic acids is 1. The first-order valence-electron chi connectivity index (χ1n) is 7.10. The van der Waals surface area contributed by atoms with Gasteiger partial charge in [-0.15, -0.1) is 0 Å². The fraction of sp³-hybridized carbons (Fsp3) is 0.562. The van der Waals surface area contributed by atoms with Crippen LogP contribution in [0.5, 0.6) is 0 Å². The minimum atomic E-state index is 0.153. The molecule has 0 unspecified atom stereocenters. The molecular weight excluding hydrogens is 236 g/mol. The highest BCUT2D eigenvalue weighted by molar-refractivity contribution is 5.93. The Balaban J connectivity index is 2.17. The molecule has 1 N–H and O–H groups in total. The predicted molar refractivity (Wildman–Crippen MR) is 79.6 cm³/mol. The summed E-state index contributed by atoms with van der Waals surface area (Å²) in [6, 6.07) is 8.41. The highest BCUT2D eigenvalue weighted by Crippen LogP contribution is 2.25. The molecule has 0 spiro atoms. The SMILES string of the molecule is CC(C)(C)c1ccc(N2CCNCCCC2=O)cc1. The van der Waals surface area contributed by atoms with Gasteiger partial charge < -0.3 is 10.2 Å². The lowest BCUT2D eigenvalue weighted by Gasteiger charge is -2.26. The van der Waals surface area contributed by atoms with Gasteiger partial charge in [-0.2, -0.15) is 0 Å². The molecule has 3 heteroatoms. The van der Waals surface area contributed by atoms with Crippen LogP contribution < -0.4 is 10.2 Å². The number of rotatable bonds is 1. The predicted octanol–water partition coefficient (Wildman–Crippen LogP) is 2.70. The number of anilines is 1. The average Bonchev–Trinajstić information content (AvgIpc) is 2.34. The second kappa shape index (κ2) is 5.74. The lowest BCUT2D eigenvalue weighted by atomic mass is 9.87. The van der Waals surface area contributed by atoms with Crippen molar-refractivity contribution < 1.29 is 4.79 Å². The maximum atomic E-state index is 12.1. The van der Waals surface area contributed by atoms with E-state index in [0.717, 1.165) is 31.7 Å². The summed E-state index contributed by atoms with van der Waals surface area (Å²) >= 11 is 0. The Labute approximate surface area is 116 Å². The van der Waals surface area contributed by atoms with Crippen LogP contribution in [0.15, 0.2) is 24.3 Å². The van der Waals surface area contributed by atoms with Crippen molar-refractivity contribution in [3.05, 3.63) is 29.8 Å². The van der Waals surface area contributed by atoms with Crippen LogP contribution in [-0.4, -0.2) is 25.5 Å². The first-order chi connectivity index (χ1) is 8.98. The number of hydrogen-bond donors (Lipinski definition) is 1. The zero-order valence-electron chi connectivity index (χ0n) is 12.2. The lowest BCUT2D eigenvalue weighted by molar-refractivity contribution is -0.118. The highest BCUT2D eigenvalue weighted by Gasteiger charge is 2.18. The maximum Gasteiger partial charge on any atom is 0.227 e. The molecule has 1 aromatic rings. The van der Waals surface area contributed by atoms with E-state index in [1.807, 2.05) is 4.90 Å². The molecule has 1 fully saturated rings. The third-order valence-corrected chi connectivity index (χ3v) is 3.60. The Morgan fingerprint density at radius 2 is 1.79 bits per heavy atom. The van der Waals surface area contributed by atoms with E-state index in [1.165, 1.54) is 5.56 Å². The topological polar surface area (TPSA) is 32.3 Å². The van der Waals surface area contributed by atoms with Crippen molar-refractivity contribution in [2.75, 3.05) is 24.5 Å². The summed E-state index contributed by atoms with van der Waals surface area (Å²) in [7, 11) is 0. The van der Waals surface area contributed by atoms with Crippen LogP contribution in [0.25, 0.3) is 0 Å². The molecule has 1 heterocycles. The van der Waals surface area contributed by atoms with Gasteiger partial charge in [-0.25, -0.2) is 0 Å². The summed E-state index contributed by atoms with van der Waals surface area (Å²) in [5.41, 5.74) is 2.47. The summed E-state index contributed by atoms with van der Waals surface area (Å²) < 4.78 is 0. The normalized spacial score (nSPS) is 18.1. The number of amides is 1. The third-order valence-electron chi connectivity index (χ3n) is 3.60. The van der Waals surface area contributed by atoms with E-state index in [-0.39, 0.29) is 11.3 Å². The average molecular weight is 260 g/mol. The number of benzene rings is 1. The van der Waals surface area contributed by atoms with Crippen LogP contribution in [0.2, 0.25) is 0 Å². The van der Waals surface area contributed by atoms with Gasteiger partial charge >= 0.3 is 0 Å². The number of carbonyl (C=O) groups is 1. The van der Waals surface area contributed by atoms with Gasteiger partial charge in [-0.05, 0) is 36.1 Å². The largest absolute Gasteiger partial charge is 0.315 e. The molecule has 1 amide bonds. The van der Waals surface area contributed by atoms with E-state index in [9.17, 15) is 4.79 Å². The highest BCUT2D eigenvalue weighted by atomic mass is 16.2. The second-order valence-electron chi connectivity index (χ2n) is 6.20. The van der Waals surface area contributed by atoms with Gasteiger partial charge in [0, 0.05) is 25.2 Å². The van der Waals surface area contributed by atoms with Crippen LogP contribution in [0.4, 0.5) is 5.69 Å². The van der Waals surface area contributed by atoms with Gasteiger partial charge in [0.25, 0.3) is 0 Å². The molecule has 3 nitrogen and oxygen atoms in total. The molecule has 0 saturated carbocycles. The van der Waals surface area contributed by atoms with Crippen molar-refractivity contribution in [3.63, 3.8) is 0 Å². The van der Waals surface area contributed by atoms with Crippen LogP contribution in [0, 0.1) is 0 Å². The number of nitrogens with zero attached hydrogens (tertiary/aromatic N) is 1. The molecule has 104 valence electrons. The fourth-order valence-corrected chi connectivity index (χ4v) is 2.35. The van der Waals surface area contributed by atoms with Crippen LogP contribution in [0.3, 0.4) is 0 Å². The second-order valence-corrected chi connectivity index (χ2v) is 6.20. The molecule has 0 aliphatic carbocycles. The lowest BCUT2D eigenvalue weighted by Crippen LogP contribution is -2.39. The Kier molecular flexibility index (Phi) is 4.25. The Hall–Kier alpha value is -1.35. The minimum absolute atomic E-state index is 0.153. The molecule has 1 saturated heterocycles. The van der Waals surface area contributed by atoms with E-state index in [2.05, 4.69) is 50.4 Å². The van der Waals surface area contributed by atoms with E-state index >= 15 is 0 Å². The molecule has 0 radical (unpaired) electrons. The van der Waals surface area contributed by atoms with E-state index in [4.69, 9.17) is 0 Å². The van der Waals surface area contributed by atoms with Gasteiger partial charge in [-0.3, -0.25) is 4.79 Å². The minimum Gasteiger partial charge on any atom is -0.315 e. The van der Waals surface area contributed by atoms with Crippen molar-refractivity contribution in [2.45, 2.75) is 39.0 Å². The Morgan fingerprint density at radius 3 is 2.42 bits per heavy atom. The standard InChI is InChI=1S/C16H24N2O/c1-16(2,3)13-6-8-14(9-7-13)18-12-11-17-10-4-5-15(18)19/h6-9,17H,4-5,10-12H2,1-3H3. The van der Waals surface area contributed by atoms with E-state index < -0.39 is 0 Å². The summed E-state index contributed by atoms with van der Waals surface area (Å²) in [5, 5.41) is 3.35. The molecule has 0 bridgehead atoms. The summed E-state index contributed by atoms with van der Waals surface area (Å²) in [6.45, 7) is 9.18. The first kappa shape index (κ1) is 14.1. The molecule has 19 heavy (non-hydrogen) atoms. The van der Waals surface area contributed by atoms with Crippen molar-refractivity contribution in [1.82, 2.24) is 5.32 Å². The summed E-state index contributed by atoms with van der Waals surface area (Å²) in [5.74, 6) is 0.241. The monoisotopic (exact) mass is 260 g/mol. The van der Waals surface area contributed by atoms with Crippen LogP contribution >= 0.6 is 0 Å². The van der Waals surface area contributed by atoms with E-state index in [1.54, 1.807) is 0 Å². The first-order valence-corrected chi connectivity index (χ1v) is 7.10. The molecule has 2 rings (SSSR count). The fourth-order valence-electron chi connectivity index (χ4n) is 2.35. The van der Waals surface area contributed by atoms with Crippen LogP contribution in [0.1, 0.15) is 39.2 Å². The molecular formula is C16H24N2O. The molecule has 0 atom stereocenters. The van der Waals surface area contributed by atoms with Gasteiger partial charge in [0.2, 0.25) is 5.91 Å². The molecule has 1 aromatic carbocycles. The van der Waals surface area contributed by atoms with Crippen molar-refractivity contribution in [2.24, 2.45) is 0 Å². The van der Waals surface area contributed by atoms with Gasteiger partial charge in [0.15, 0.2) is 0 Å². The van der Waals surface area contributed by atoms with Crippen molar-refractivity contribution in [3.8, 4) is 0 Å². The zero-order chi connectivity index (χ0) is 13.9. The van der Waals surface area contributed by atoms with Gasteiger partial charge in [-0.1, -0.05) is 32.9 Å². The van der Waals surface area contributed by atoms with E-state index in [0.29, 0.717) is 6.42 Å². The van der Waals surface area contributed by atoms with Gasteiger partial charge in [0.1, 0.15) is 0 Å². The maximum absolute atomic E-state index is 12.1. The molecule has 1 aliphatic heterocycles. The van der Waals surface area contributed by atoms with Crippen molar-refractivity contribution >= 4 is 11.6 Å².